The number of phenols is 2. The molecule has 0 radical (unpaired) electrons. The summed E-state index contributed by atoms with van der Waals surface area (Å²) < 4.78 is 0. The SMILES string of the molecule is O=CC1=CC(=CN=NC=C2C=C(CO)C(=O)C(CO)=C2)C=C(C=O)C1=O.O=Cc1cc(C=NN=Cc2cc(CO)c(O)c(CO)c2)cc(C=O)c1O.O=O. The van der Waals surface area contributed by atoms with E-state index in [1.165, 1.54) is 73.4 Å². The number of ketones is 2. The van der Waals surface area contributed by atoms with Gasteiger partial charge in [0.15, 0.2) is 36.7 Å². The maximum atomic E-state index is 11.8. The van der Waals surface area contributed by atoms with Gasteiger partial charge in [0.25, 0.3) is 0 Å². The zero-order chi connectivity index (χ0) is 40.2. The second-order valence-electron chi connectivity index (χ2n) is 10.5. The molecule has 4 rings (SSSR count). The van der Waals surface area contributed by atoms with Gasteiger partial charge >= 0.3 is 0 Å². The first-order valence-corrected chi connectivity index (χ1v) is 15.0. The van der Waals surface area contributed by atoms with E-state index in [-0.39, 0.29) is 50.3 Å². The maximum Gasteiger partial charge on any atom is 0.199 e. The zero-order valence-corrected chi connectivity index (χ0v) is 27.8. The van der Waals surface area contributed by atoms with Crippen molar-refractivity contribution in [2.75, 3.05) is 13.2 Å². The monoisotopic (exact) mass is 742 g/mol. The van der Waals surface area contributed by atoms with Gasteiger partial charge in [0, 0.05) is 32.2 Å². The molecule has 54 heavy (non-hydrogen) atoms. The molecule has 0 saturated heterocycles. The van der Waals surface area contributed by atoms with Crippen molar-refractivity contribution in [2.24, 2.45) is 20.4 Å². The van der Waals surface area contributed by atoms with Gasteiger partial charge in [-0.3, -0.25) is 28.8 Å². The Balaban J connectivity index is 0.000000357. The van der Waals surface area contributed by atoms with Crippen LogP contribution < -0.4 is 0 Å². The summed E-state index contributed by atoms with van der Waals surface area (Å²) >= 11 is 0. The molecule has 0 amide bonds. The van der Waals surface area contributed by atoms with Gasteiger partial charge in [-0.05, 0) is 70.8 Å². The molecule has 0 aliphatic heterocycles. The van der Waals surface area contributed by atoms with E-state index < -0.39 is 43.7 Å². The molecule has 0 saturated carbocycles. The van der Waals surface area contributed by atoms with Crippen molar-refractivity contribution in [2.45, 2.75) is 13.2 Å². The minimum atomic E-state index is -0.651. The van der Waals surface area contributed by atoms with E-state index in [2.05, 4.69) is 20.4 Å². The summed E-state index contributed by atoms with van der Waals surface area (Å²) in [4.78, 5) is 80.9. The molecule has 2 aromatic carbocycles. The summed E-state index contributed by atoms with van der Waals surface area (Å²) in [6, 6.07) is 5.68. The number of phenolic OH excluding ortho intramolecular Hbond substituents is 1. The van der Waals surface area contributed by atoms with Crippen LogP contribution in [0.3, 0.4) is 0 Å². The molecule has 0 unspecified atom stereocenters. The number of carbonyl (C=O) groups is 6. The first kappa shape index (κ1) is 43.0. The van der Waals surface area contributed by atoms with Gasteiger partial charge in [0.1, 0.15) is 11.5 Å². The Hall–Kier alpha value is -7.12. The van der Waals surface area contributed by atoms with Crippen molar-refractivity contribution in [1.29, 1.82) is 0 Å². The normalized spacial score (nSPS) is 13.9. The lowest BCUT2D eigenvalue weighted by molar-refractivity contribution is -0.116. The number of hydrogen-bond acceptors (Lipinski definition) is 18. The second kappa shape index (κ2) is 22.0. The molecule has 0 spiro atoms. The molecule has 0 atom stereocenters. The van der Waals surface area contributed by atoms with Crippen LogP contribution in [-0.2, 0) is 32.4 Å². The smallest absolute Gasteiger partial charge is 0.199 e. The van der Waals surface area contributed by atoms with Gasteiger partial charge in [-0.1, -0.05) is 0 Å². The van der Waals surface area contributed by atoms with E-state index in [1.807, 2.05) is 0 Å². The molecule has 0 fully saturated rings. The number of hydrogen-bond donors (Lipinski definition) is 6. The average Bonchev–Trinajstić information content (AvgIpc) is 3.20. The molecular formula is C36H30N4O14. The zero-order valence-electron chi connectivity index (χ0n) is 27.8. The van der Waals surface area contributed by atoms with Crippen LogP contribution in [0.4, 0.5) is 0 Å². The number of Topliss-reactive ketones (excluding diaryl/α,β-unsaturated/α-hetero) is 2. The first-order chi connectivity index (χ1) is 26.1. The fraction of sp³-hybridized carbons (Fsp3) is 0.111. The number of aliphatic hydroxyl groups excluding tert-OH is 4. The van der Waals surface area contributed by atoms with E-state index in [9.17, 15) is 49.2 Å². The predicted molar refractivity (Wildman–Crippen MR) is 190 cm³/mol. The maximum absolute atomic E-state index is 11.8. The van der Waals surface area contributed by atoms with Crippen molar-refractivity contribution >= 4 is 49.1 Å². The third kappa shape index (κ3) is 11.4. The van der Waals surface area contributed by atoms with Crippen LogP contribution in [0.15, 0.2) is 115 Å². The average molecular weight is 743 g/mol. The molecule has 278 valence electrons. The van der Waals surface area contributed by atoms with Crippen LogP contribution >= 0.6 is 0 Å². The fourth-order valence-electron chi connectivity index (χ4n) is 4.50. The molecule has 0 bridgehead atoms. The van der Waals surface area contributed by atoms with Crippen LogP contribution in [0.25, 0.3) is 0 Å². The number of aldehydes is 4. The van der Waals surface area contributed by atoms with Crippen LogP contribution in [0.2, 0.25) is 0 Å². The third-order valence-corrected chi connectivity index (χ3v) is 7.06. The molecule has 18 heteroatoms. The highest BCUT2D eigenvalue weighted by atomic mass is 16.7. The van der Waals surface area contributed by atoms with Crippen LogP contribution in [0, 0.1) is 9.93 Å². The predicted octanol–water partition coefficient (Wildman–Crippen LogP) is 1.69. The second-order valence-corrected chi connectivity index (χ2v) is 10.5. The molecule has 2 aliphatic carbocycles. The lowest BCUT2D eigenvalue weighted by atomic mass is 9.95. The van der Waals surface area contributed by atoms with Gasteiger partial charge in [-0.15, -0.1) is 0 Å². The minimum Gasteiger partial charge on any atom is -0.507 e. The highest BCUT2D eigenvalue weighted by Crippen LogP contribution is 2.25. The molecule has 2 aromatic rings. The van der Waals surface area contributed by atoms with Gasteiger partial charge in [-0.25, -0.2) is 0 Å². The fourth-order valence-corrected chi connectivity index (χ4v) is 4.50. The van der Waals surface area contributed by atoms with Gasteiger partial charge in [-0.2, -0.15) is 20.4 Å². The summed E-state index contributed by atoms with van der Waals surface area (Å²) in [7, 11) is 0. The number of nitrogens with zero attached hydrogens (tertiary/aromatic N) is 4. The summed E-state index contributed by atoms with van der Waals surface area (Å²) in [6.45, 7) is -1.75. The quantitative estimate of drug-likeness (QED) is 0.0560. The number of benzene rings is 2. The lowest BCUT2D eigenvalue weighted by Gasteiger charge is -2.11. The van der Waals surface area contributed by atoms with Crippen LogP contribution in [0.1, 0.15) is 43.0 Å². The van der Waals surface area contributed by atoms with Crippen molar-refractivity contribution in [3.63, 3.8) is 0 Å². The standard InChI is InChI=1S/C18H16N2O6.C18H14N2O6.O2/c2*21-7-13-1-11(2-14(8-22)17(13)25)5-19-20-6-12-3-15(9-23)18(26)16(4-12)10-24;1-2/h1-8,23-26H,9-10H2;1-8,23-24H,9-10H2;. The van der Waals surface area contributed by atoms with E-state index >= 15 is 0 Å². The third-order valence-electron chi connectivity index (χ3n) is 7.06. The van der Waals surface area contributed by atoms with E-state index in [4.69, 9.17) is 20.1 Å². The van der Waals surface area contributed by atoms with Crippen molar-refractivity contribution < 1.29 is 59.4 Å². The largest absolute Gasteiger partial charge is 0.507 e. The summed E-state index contributed by atoms with van der Waals surface area (Å²) in [5.74, 6) is -1.66. The first-order valence-electron chi connectivity index (χ1n) is 15.0. The molecular weight excluding hydrogens is 712 g/mol. The number of aromatic hydroxyl groups is 2. The Kier molecular flexibility index (Phi) is 17.5. The van der Waals surface area contributed by atoms with Crippen molar-refractivity contribution in [3.05, 3.63) is 138 Å². The summed E-state index contributed by atoms with van der Waals surface area (Å²) in [6.07, 6.45) is 12.1. The number of allylic oxidation sites excluding steroid dienone is 8. The van der Waals surface area contributed by atoms with Crippen LogP contribution in [0.5, 0.6) is 11.5 Å². The Morgan fingerprint density at radius 1 is 0.519 bits per heavy atom. The van der Waals surface area contributed by atoms with Gasteiger partial charge in [0.05, 0.1) is 73.5 Å². The Labute approximate surface area is 304 Å². The molecule has 18 nitrogen and oxygen atoms in total. The molecule has 2 aliphatic rings. The molecule has 0 aromatic heterocycles. The van der Waals surface area contributed by atoms with Crippen molar-refractivity contribution in [3.8, 4) is 11.5 Å². The van der Waals surface area contributed by atoms with E-state index in [0.29, 0.717) is 47.4 Å². The molecule has 6 N–H and O–H groups in total. The highest BCUT2D eigenvalue weighted by Gasteiger charge is 2.20. The Morgan fingerprint density at radius 3 is 1.30 bits per heavy atom. The van der Waals surface area contributed by atoms with E-state index in [0.717, 1.165) is 0 Å². The lowest BCUT2D eigenvalue weighted by Crippen LogP contribution is -2.15. The Morgan fingerprint density at radius 2 is 0.926 bits per heavy atom. The van der Waals surface area contributed by atoms with Crippen molar-refractivity contribution in [1.82, 2.24) is 0 Å². The highest BCUT2D eigenvalue weighted by molar-refractivity contribution is 6.28. The number of rotatable bonds is 13. The van der Waals surface area contributed by atoms with E-state index in [1.54, 1.807) is 0 Å². The summed E-state index contributed by atoms with van der Waals surface area (Å²) in [5.41, 5.74) is 2.01. The number of aliphatic hydroxyl groups is 4. The van der Waals surface area contributed by atoms with Crippen LogP contribution in [-0.4, -0.2) is 93.0 Å². The number of azo groups is 1. The van der Waals surface area contributed by atoms with Gasteiger partial charge in [0.2, 0.25) is 0 Å². The number of carbonyl (C=O) groups excluding carboxylic acids is 6. The summed E-state index contributed by atoms with van der Waals surface area (Å²) in [5, 5.41) is 71.3. The minimum absolute atomic E-state index is 0.0428. The molecule has 0 heterocycles. The topological polar surface area (TPSA) is 307 Å². The Bertz CT molecular complexity index is 1970. The van der Waals surface area contributed by atoms with Gasteiger partial charge < -0.3 is 30.6 Å².